The van der Waals surface area contributed by atoms with Crippen LogP contribution in [0.4, 0.5) is 0 Å². The van der Waals surface area contributed by atoms with Crippen molar-refractivity contribution < 1.29 is 14.3 Å². The fourth-order valence-electron chi connectivity index (χ4n) is 2.58. The largest absolute Gasteiger partial charge is 0.497 e. The molecule has 28 heavy (non-hydrogen) atoms. The molecule has 1 aromatic carbocycles. The van der Waals surface area contributed by atoms with E-state index < -0.39 is 0 Å². The number of thiophene rings is 1. The molecule has 0 spiro atoms. The average molecular weight is 420 g/mol. The average Bonchev–Trinajstić information content (AvgIpc) is 3.19. The van der Waals surface area contributed by atoms with E-state index in [1.165, 1.54) is 23.1 Å². The number of carbonyl (C=O) groups excluding carboxylic acids is 1. The highest BCUT2D eigenvalue weighted by Gasteiger charge is 2.14. The Kier molecular flexibility index (Phi) is 7.07. The van der Waals surface area contributed by atoms with E-state index in [-0.39, 0.29) is 17.2 Å². The Morgan fingerprint density at radius 2 is 2.18 bits per heavy atom. The van der Waals surface area contributed by atoms with E-state index in [4.69, 9.17) is 9.47 Å². The summed E-state index contributed by atoms with van der Waals surface area (Å²) in [7, 11) is 3.19. The van der Waals surface area contributed by atoms with Crippen LogP contribution in [0.15, 0.2) is 45.7 Å². The maximum atomic E-state index is 12.7. The Labute approximate surface area is 170 Å². The second-order valence-corrected chi connectivity index (χ2v) is 7.75. The zero-order valence-corrected chi connectivity index (χ0v) is 17.3. The molecule has 0 fully saturated rings. The summed E-state index contributed by atoms with van der Waals surface area (Å²) in [6, 6.07) is 9.34. The predicted octanol–water partition coefficient (Wildman–Crippen LogP) is 2.52. The Morgan fingerprint density at radius 1 is 1.32 bits per heavy atom. The molecule has 9 heteroatoms. The third-order valence-corrected chi connectivity index (χ3v) is 5.87. The second kappa shape index (κ2) is 9.72. The maximum absolute atomic E-state index is 12.7. The molecular formula is C19H21N3O4S2. The molecule has 0 radical (unpaired) electrons. The third-order valence-electron chi connectivity index (χ3n) is 4.01. The summed E-state index contributed by atoms with van der Waals surface area (Å²) >= 11 is 2.61. The summed E-state index contributed by atoms with van der Waals surface area (Å²) in [5.41, 5.74) is 1.51. The minimum atomic E-state index is -0.134. The summed E-state index contributed by atoms with van der Waals surface area (Å²) in [6.07, 6.45) is 0. The molecule has 0 aliphatic rings. The Balaban J connectivity index is 1.66. The van der Waals surface area contributed by atoms with E-state index in [1.54, 1.807) is 18.8 Å². The molecule has 0 saturated heterocycles. The number of hydrogen-bond donors (Lipinski definition) is 1. The molecule has 0 aliphatic carbocycles. The molecular weight excluding hydrogens is 398 g/mol. The van der Waals surface area contributed by atoms with Crippen molar-refractivity contribution in [2.75, 3.05) is 26.6 Å². The van der Waals surface area contributed by atoms with Crippen molar-refractivity contribution in [1.82, 2.24) is 14.9 Å². The van der Waals surface area contributed by atoms with Crippen molar-refractivity contribution in [2.45, 2.75) is 18.2 Å². The number of nitrogens with one attached hydrogen (secondary N) is 1. The molecule has 0 atom stereocenters. The first-order valence-electron chi connectivity index (χ1n) is 8.61. The van der Waals surface area contributed by atoms with Gasteiger partial charge in [-0.1, -0.05) is 23.9 Å². The van der Waals surface area contributed by atoms with E-state index >= 15 is 0 Å². The van der Waals surface area contributed by atoms with Gasteiger partial charge in [0.2, 0.25) is 5.91 Å². The number of hydrogen-bond acceptors (Lipinski definition) is 7. The third kappa shape index (κ3) is 4.92. The normalized spacial score (nSPS) is 10.9. The first-order valence-corrected chi connectivity index (χ1v) is 10.5. The summed E-state index contributed by atoms with van der Waals surface area (Å²) in [6.45, 7) is 1.20. The van der Waals surface area contributed by atoms with Gasteiger partial charge >= 0.3 is 0 Å². The van der Waals surface area contributed by atoms with E-state index in [2.05, 4.69) is 10.3 Å². The molecule has 0 aliphatic heterocycles. The summed E-state index contributed by atoms with van der Waals surface area (Å²) in [5.74, 6) is 0.779. The van der Waals surface area contributed by atoms with Crippen LogP contribution >= 0.6 is 23.1 Å². The standard InChI is InChI=1S/C19H21N3O4S2/c1-25-8-7-22-18(24)17-15(6-9-27-17)21-19(22)28-12-16(23)20-11-13-4-3-5-14(10-13)26-2/h3-6,9-10H,7-8,11-12H2,1-2H3,(H,20,23). The number of methoxy groups -OCH3 is 2. The topological polar surface area (TPSA) is 82.4 Å². The smallest absolute Gasteiger partial charge is 0.272 e. The van der Waals surface area contributed by atoms with Crippen LogP contribution in [-0.2, 0) is 22.6 Å². The summed E-state index contributed by atoms with van der Waals surface area (Å²) < 4.78 is 12.5. The van der Waals surface area contributed by atoms with Crippen LogP contribution < -0.4 is 15.6 Å². The Hall–Kier alpha value is -2.36. The Morgan fingerprint density at radius 3 is 2.96 bits per heavy atom. The van der Waals surface area contributed by atoms with Crippen LogP contribution in [0.3, 0.4) is 0 Å². The molecule has 0 bridgehead atoms. The first-order chi connectivity index (χ1) is 13.6. The molecule has 2 heterocycles. The van der Waals surface area contributed by atoms with Gasteiger partial charge in [-0.3, -0.25) is 14.2 Å². The number of aromatic nitrogens is 2. The lowest BCUT2D eigenvalue weighted by Gasteiger charge is -2.11. The van der Waals surface area contributed by atoms with Gasteiger partial charge in [0.25, 0.3) is 5.56 Å². The van der Waals surface area contributed by atoms with E-state index in [9.17, 15) is 9.59 Å². The second-order valence-electron chi connectivity index (χ2n) is 5.90. The molecule has 2 aromatic heterocycles. The van der Waals surface area contributed by atoms with Crippen LogP contribution in [0.25, 0.3) is 10.2 Å². The number of rotatable bonds is 9. The zero-order valence-electron chi connectivity index (χ0n) is 15.6. The fourth-order valence-corrected chi connectivity index (χ4v) is 4.21. The number of amides is 1. The van der Waals surface area contributed by atoms with Gasteiger partial charge in [0.05, 0.1) is 31.5 Å². The number of benzene rings is 1. The van der Waals surface area contributed by atoms with Crippen LogP contribution in [0, 0.1) is 0 Å². The molecule has 3 rings (SSSR count). The van der Waals surface area contributed by atoms with E-state index in [1.807, 2.05) is 35.7 Å². The fraction of sp³-hybridized carbons (Fsp3) is 0.316. The molecule has 1 amide bonds. The van der Waals surface area contributed by atoms with Gasteiger partial charge in [0.1, 0.15) is 10.4 Å². The molecule has 3 aromatic rings. The van der Waals surface area contributed by atoms with Gasteiger partial charge in [-0.25, -0.2) is 4.98 Å². The number of thioether (sulfide) groups is 1. The number of fused-ring (bicyclic) bond motifs is 1. The lowest BCUT2D eigenvalue weighted by Crippen LogP contribution is -2.27. The first kappa shape index (κ1) is 20.4. The van der Waals surface area contributed by atoms with Crippen LogP contribution in [0.1, 0.15) is 5.56 Å². The minimum absolute atomic E-state index is 0.101. The number of nitrogens with zero attached hydrogens (tertiary/aromatic N) is 2. The van der Waals surface area contributed by atoms with Crippen molar-refractivity contribution in [3.05, 3.63) is 51.6 Å². The van der Waals surface area contributed by atoms with Crippen molar-refractivity contribution in [3.8, 4) is 5.75 Å². The molecule has 7 nitrogen and oxygen atoms in total. The van der Waals surface area contributed by atoms with Gasteiger partial charge in [-0.05, 0) is 29.1 Å². The van der Waals surface area contributed by atoms with Crippen LogP contribution in [0.5, 0.6) is 5.75 Å². The highest BCUT2D eigenvalue weighted by atomic mass is 32.2. The van der Waals surface area contributed by atoms with E-state index in [0.29, 0.717) is 35.1 Å². The summed E-state index contributed by atoms with van der Waals surface area (Å²) in [4.78, 5) is 29.5. The van der Waals surface area contributed by atoms with Gasteiger partial charge in [0.15, 0.2) is 5.16 Å². The monoisotopic (exact) mass is 419 g/mol. The van der Waals surface area contributed by atoms with Crippen molar-refractivity contribution in [1.29, 1.82) is 0 Å². The van der Waals surface area contributed by atoms with Gasteiger partial charge in [-0.15, -0.1) is 11.3 Å². The molecule has 0 saturated carbocycles. The van der Waals surface area contributed by atoms with E-state index in [0.717, 1.165) is 11.3 Å². The predicted molar refractivity (Wildman–Crippen MR) is 111 cm³/mol. The van der Waals surface area contributed by atoms with Gasteiger partial charge < -0.3 is 14.8 Å². The van der Waals surface area contributed by atoms with Crippen molar-refractivity contribution in [3.63, 3.8) is 0 Å². The van der Waals surface area contributed by atoms with Gasteiger partial charge in [-0.2, -0.15) is 0 Å². The maximum Gasteiger partial charge on any atom is 0.272 e. The Bertz CT molecular complexity index is 1020. The zero-order chi connectivity index (χ0) is 19.9. The van der Waals surface area contributed by atoms with Crippen LogP contribution in [0.2, 0.25) is 0 Å². The number of carbonyl (C=O) groups is 1. The molecule has 0 unspecified atom stereocenters. The minimum Gasteiger partial charge on any atom is -0.497 e. The molecule has 1 N–H and O–H groups in total. The van der Waals surface area contributed by atoms with Crippen LogP contribution in [-0.4, -0.2) is 42.0 Å². The quantitative estimate of drug-likeness (QED) is 0.424. The highest BCUT2D eigenvalue weighted by Crippen LogP contribution is 2.21. The molecule has 148 valence electrons. The SMILES string of the molecule is COCCn1c(SCC(=O)NCc2cccc(OC)c2)nc2ccsc2c1=O. The lowest BCUT2D eigenvalue weighted by atomic mass is 10.2. The highest BCUT2D eigenvalue weighted by molar-refractivity contribution is 7.99. The van der Waals surface area contributed by atoms with Gasteiger partial charge in [0, 0.05) is 13.7 Å². The van der Waals surface area contributed by atoms with Crippen molar-refractivity contribution >= 4 is 39.2 Å². The lowest BCUT2D eigenvalue weighted by molar-refractivity contribution is -0.118. The number of ether oxygens (including phenoxy) is 2. The summed E-state index contributed by atoms with van der Waals surface area (Å²) in [5, 5.41) is 5.24. The van der Waals surface area contributed by atoms with Crippen molar-refractivity contribution in [2.24, 2.45) is 0 Å².